The van der Waals surface area contributed by atoms with Gasteiger partial charge in [-0.05, 0) is 42.8 Å². The second-order valence-electron chi connectivity index (χ2n) is 5.64. The predicted octanol–water partition coefficient (Wildman–Crippen LogP) is 4.32. The third-order valence-corrected chi connectivity index (χ3v) is 3.82. The Bertz CT molecular complexity index is 985. The van der Waals surface area contributed by atoms with Crippen LogP contribution < -0.4 is 11.1 Å². The summed E-state index contributed by atoms with van der Waals surface area (Å²) in [5.74, 6) is -2.77. The Morgan fingerprint density at radius 1 is 1.04 bits per heavy atom. The summed E-state index contributed by atoms with van der Waals surface area (Å²) in [4.78, 5) is 15.8. The summed E-state index contributed by atoms with van der Waals surface area (Å²) in [5.41, 5.74) is 5.99. The van der Waals surface area contributed by atoms with Crippen molar-refractivity contribution in [1.29, 1.82) is 0 Å². The Labute approximate surface area is 147 Å². The molecule has 3 aromatic rings. The largest absolute Gasteiger partial charge is 0.366 e. The predicted molar refractivity (Wildman–Crippen MR) is 92.5 cm³/mol. The van der Waals surface area contributed by atoms with E-state index in [9.17, 15) is 18.0 Å². The van der Waals surface area contributed by atoms with Crippen molar-refractivity contribution in [3.05, 3.63) is 77.1 Å². The molecule has 2 aromatic carbocycles. The SMILES string of the molecule is Cc1cccc(F)c1Nc1ccc(C(N)=O)c(-c2ccc(F)cc2F)n1. The number of nitrogens with one attached hydrogen (secondary N) is 1. The van der Waals surface area contributed by atoms with Crippen LogP contribution >= 0.6 is 0 Å². The molecular formula is C19H14F3N3O. The quantitative estimate of drug-likeness (QED) is 0.731. The summed E-state index contributed by atoms with van der Waals surface area (Å²) in [6.45, 7) is 1.71. The smallest absolute Gasteiger partial charge is 0.250 e. The highest BCUT2D eigenvalue weighted by Crippen LogP contribution is 2.29. The molecule has 0 atom stereocenters. The first-order valence-electron chi connectivity index (χ1n) is 7.65. The number of nitrogens with zero attached hydrogens (tertiary/aromatic N) is 1. The van der Waals surface area contributed by atoms with Crippen molar-refractivity contribution in [1.82, 2.24) is 4.98 Å². The van der Waals surface area contributed by atoms with Crippen molar-refractivity contribution in [2.75, 3.05) is 5.32 Å². The van der Waals surface area contributed by atoms with Gasteiger partial charge in [-0.1, -0.05) is 12.1 Å². The lowest BCUT2D eigenvalue weighted by molar-refractivity contribution is 0.100. The topological polar surface area (TPSA) is 68.0 Å². The lowest BCUT2D eigenvalue weighted by Crippen LogP contribution is -2.14. The molecule has 0 saturated carbocycles. The third-order valence-electron chi connectivity index (χ3n) is 3.82. The van der Waals surface area contributed by atoms with Gasteiger partial charge in [0.25, 0.3) is 5.91 Å². The fourth-order valence-corrected chi connectivity index (χ4v) is 2.53. The van der Waals surface area contributed by atoms with Gasteiger partial charge in [-0.2, -0.15) is 0 Å². The van der Waals surface area contributed by atoms with Crippen molar-refractivity contribution in [2.24, 2.45) is 5.73 Å². The molecule has 0 spiro atoms. The number of halogens is 3. The van der Waals surface area contributed by atoms with Crippen LogP contribution in [0.2, 0.25) is 0 Å². The van der Waals surface area contributed by atoms with Crippen molar-refractivity contribution in [2.45, 2.75) is 6.92 Å². The number of carbonyl (C=O) groups is 1. The van der Waals surface area contributed by atoms with Gasteiger partial charge in [0.15, 0.2) is 0 Å². The van der Waals surface area contributed by atoms with Crippen LogP contribution in [0, 0.1) is 24.4 Å². The van der Waals surface area contributed by atoms with Gasteiger partial charge < -0.3 is 11.1 Å². The van der Waals surface area contributed by atoms with E-state index in [0.29, 0.717) is 11.6 Å². The minimum absolute atomic E-state index is 0.0358. The zero-order valence-electron chi connectivity index (χ0n) is 13.7. The maximum atomic E-state index is 14.2. The van der Waals surface area contributed by atoms with E-state index in [0.717, 1.165) is 12.1 Å². The standard InChI is InChI=1S/C19H14F3N3O/c1-10-3-2-4-14(21)17(10)24-16-8-7-13(19(23)26)18(25-16)12-6-5-11(20)9-15(12)22/h2-9H,1H3,(H2,23,26)(H,24,25). The van der Waals surface area contributed by atoms with Gasteiger partial charge in [0.2, 0.25) is 0 Å². The van der Waals surface area contributed by atoms with Gasteiger partial charge in [-0.15, -0.1) is 0 Å². The maximum absolute atomic E-state index is 14.2. The van der Waals surface area contributed by atoms with Gasteiger partial charge in [-0.3, -0.25) is 4.79 Å². The second kappa shape index (κ2) is 6.87. The van der Waals surface area contributed by atoms with Crippen molar-refractivity contribution in [3.63, 3.8) is 0 Å². The fourth-order valence-electron chi connectivity index (χ4n) is 2.53. The van der Waals surface area contributed by atoms with E-state index < -0.39 is 23.4 Å². The Morgan fingerprint density at radius 3 is 2.46 bits per heavy atom. The molecular weight excluding hydrogens is 343 g/mol. The zero-order valence-corrected chi connectivity index (χ0v) is 13.7. The van der Waals surface area contributed by atoms with E-state index in [1.54, 1.807) is 19.1 Å². The number of amides is 1. The van der Waals surface area contributed by atoms with E-state index >= 15 is 0 Å². The number of hydrogen-bond acceptors (Lipinski definition) is 3. The molecule has 7 heteroatoms. The van der Waals surface area contributed by atoms with Crippen LogP contribution in [0.15, 0.2) is 48.5 Å². The number of para-hydroxylation sites is 1. The summed E-state index contributed by atoms with van der Waals surface area (Å²) in [7, 11) is 0. The fraction of sp³-hybridized carbons (Fsp3) is 0.0526. The molecule has 132 valence electrons. The highest BCUT2D eigenvalue weighted by atomic mass is 19.1. The third kappa shape index (κ3) is 3.37. The highest BCUT2D eigenvalue weighted by molar-refractivity contribution is 5.99. The molecule has 0 aliphatic carbocycles. The van der Waals surface area contributed by atoms with Crippen LogP contribution in [0.4, 0.5) is 24.7 Å². The van der Waals surface area contributed by atoms with Gasteiger partial charge in [-0.25, -0.2) is 18.2 Å². The van der Waals surface area contributed by atoms with Gasteiger partial charge >= 0.3 is 0 Å². The molecule has 1 aromatic heterocycles. The average molecular weight is 357 g/mol. The van der Waals surface area contributed by atoms with E-state index in [4.69, 9.17) is 5.73 Å². The van der Waals surface area contributed by atoms with Crippen LogP contribution in [0.5, 0.6) is 0 Å². The minimum atomic E-state index is -0.890. The number of rotatable bonds is 4. The van der Waals surface area contributed by atoms with Crippen LogP contribution in [0.25, 0.3) is 11.3 Å². The van der Waals surface area contributed by atoms with Crippen LogP contribution in [-0.4, -0.2) is 10.9 Å². The van der Waals surface area contributed by atoms with Crippen molar-refractivity contribution in [3.8, 4) is 11.3 Å². The number of carbonyl (C=O) groups excluding carboxylic acids is 1. The van der Waals surface area contributed by atoms with Gasteiger partial charge in [0, 0.05) is 11.6 Å². The highest BCUT2D eigenvalue weighted by Gasteiger charge is 2.17. The Kier molecular flexibility index (Phi) is 4.62. The number of primary amides is 1. The number of anilines is 2. The van der Waals surface area contributed by atoms with E-state index in [-0.39, 0.29) is 28.3 Å². The number of pyridine rings is 1. The van der Waals surface area contributed by atoms with E-state index in [1.807, 2.05) is 0 Å². The van der Waals surface area contributed by atoms with Crippen molar-refractivity contribution < 1.29 is 18.0 Å². The van der Waals surface area contributed by atoms with Crippen LogP contribution in [0.1, 0.15) is 15.9 Å². The monoisotopic (exact) mass is 357 g/mol. The first kappa shape index (κ1) is 17.5. The molecule has 1 amide bonds. The second-order valence-corrected chi connectivity index (χ2v) is 5.64. The molecule has 0 aliphatic rings. The number of aromatic nitrogens is 1. The average Bonchev–Trinajstić information content (AvgIpc) is 2.58. The molecule has 4 nitrogen and oxygen atoms in total. The Balaban J connectivity index is 2.11. The number of aryl methyl sites for hydroxylation is 1. The van der Waals surface area contributed by atoms with E-state index in [1.165, 1.54) is 18.2 Å². The molecule has 3 rings (SSSR count). The zero-order chi connectivity index (χ0) is 18.8. The maximum Gasteiger partial charge on any atom is 0.250 e. The summed E-state index contributed by atoms with van der Waals surface area (Å²) < 4.78 is 41.3. The molecule has 0 unspecified atom stereocenters. The summed E-state index contributed by atoms with van der Waals surface area (Å²) in [5, 5.41) is 2.81. The molecule has 3 N–H and O–H groups in total. The Morgan fingerprint density at radius 2 is 1.81 bits per heavy atom. The molecule has 1 heterocycles. The lowest BCUT2D eigenvalue weighted by atomic mass is 10.0. The molecule has 0 radical (unpaired) electrons. The lowest BCUT2D eigenvalue weighted by Gasteiger charge is -2.13. The van der Waals surface area contributed by atoms with Gasteiger partial charge in [0.1, 0.15) is 23.3 Å². The number of nitrogens with two attached hydrogens (primary N) is 1. The molecule has 0 fully saturated rings. The first-order chi connectivity index (χ1) is 12.4. The number of benzene rings is 2. The van der Waals surface area contributed by atoms with E-state index in [2.05, 4.69) is 10.3 Å². The van der Waals surface area contributed by atoms with Crippen LogP contribution in [0.3, 0.4) is 0 Å². The summed E-state index contributed by atoms with van der Waals surface area (Å²) in [6, 6.07) is 10.2. The van der Waals surface area contributed by atoms with Crippen LogP contribution in [-0.2, 0) is 0 Å². The molecule has 0 aliphatic heterocycles. The Hall–Kier alpha value is -3.35. The summed E-state index contributed by atoms with van der Waals surface area (Å²) >= 11 is 0. The molecule has 0 saturated heterocycles. The normalized spacial score (nSPS) is 10.6. The minimum Gasteiger partial charge on any atom is -0.366 e. The molecule has 0 bridgehead atoms. The first-order valence-corrected chi connectivity index (χ1v) is 7.65. The van der Waals surface area contributed by atoms with Gasteiger partial charge in [0.05, 0.1) is 16.9 Å². The molecule has 26 heavy (non-hydrogen) atoms. The number of hydrogen-bond donors (Lipinski definition) is 2. The van der Waals surface area contributed by atoms with Crippen molar-refractivity contribution >= 4 is 17.4 Å². The summed E-state index contributed by atoms with van der Waals surface area (Å²) in [6.07, 6.45) is 0.